The fourth-order valence-electron chi connectivity index (χ4n) is 11.7. The minimum atomic E-state index is -0.534. The molecule has 0 atom stereocenters. The third-order valence-corrected chi connectivity index (χ3v) is 14.4. The summed E-state index contributed by atoms with van der Waals surface area (Å²) in [6.07, 6.45) is 0. The summed E-state index contributed by atoms with van der Waals surface area (Å²) in [6.45, 7) is 0. The monoisotopic (exact) mass is 825 g/mol. The van der Waals surface area contributed by atoms with E-state index in [4.69, 9.17) is 0 Å². The van der Waals surface area contributed by atoms with Crippen molar-refractivity contribution in [2.75, 3.05) is 4.90 Å². The van der Waals surface area contributed by atoms with Crippen LogP contribution in [0.25, 0.3) is 43.8 Å². The predicted molar refractivity (Wildman–Crippen MR) is 271 cm³/mol. The van der Waals surface area contributed by atoms with Gasteiger partial charge in [-0.3, -0.25) is 0 Å². The van der Waals surface area contributed by atoms with Crippen LogP contribution in [0.2, 0.25) is 0 Å². The summed E-state index contributed by atoms with van der Waals surface area (Å²) in [5.41, 5.74) is 17.5. The minimum Gasteiger partial charge on any atom is -0.310 e. The van der Waals surface area contributed by atoms with Crippen molar-refractivity contribution in [2.45, 2.75) is 10.8 Å². The van der Waals surface area contributed by atoms with E-state index < -0.39 is 10.8 Å². The fourth-order valence-corrected chi connectivity index (χ4v) is 11.7. The Morgan fingerprint density at radius 1 is 0.231 bits per heavy atom. The van der Waals surface area contributed by atoms with Gasteiger partial charge in [-0.25, -0.2) is 0 Å². The van der Waals surface area contributed by atoms with E-state index >= 15 is 0 Å². The summed E-state index contributed by atoms with van der Waals surface area (Å²) < 4.78 is 0. The average molecular weight is 826 g/mol. The molecule has 11 aromatic rings. The number of anilines is 3. The highest BCUT2D eigenvalue weighted by Crippen LogP contribution is 2.59. The topological polar surface area (TPSA) is 3.24 Å². The van der Waals surface area contributed by atoms with E-state index in [2.05, 4.69) is 266 Å². The highest BCUT2D eigenvalue weighted by atomic mass is 15.1. The van der Waals surface area contributed by atoms with Gasteiger partial charge in [-0.05, 0) is 125 Å². The van der Waals surface area contributed by atoms with Gasteiger partial charge in [0.2, 0.25) is 0 Å². The highest BCUT2D eigenvalue weighted by molar-refractivity contribution is 6.08. The molecule has 0 bridgehead atoms. The van der Waals surface area contributed by atoms with Gasteiger partial charge in [-0.15, -0.1) is 0 Å². The third kappa shape index (κ3) is 5.39. The van der Waals surface area contributed by atoms with Gasteiger partial charge in [0.1, 0.15) is 0 Å². The predicted octanol–water partition coefficient (Wildman–Crippen LogP) is 16.2. The molecule has 0 unspecified atom stereocenters. The van der Waals surface area contributed by atoms with E-state index in [-0.39, 0.29) is 0 Å². The average Bonchev–Trinajstić information content (AvgIpc) is 3.85. The minimum absolute atomic E-state index is 0.534. The molecule has 0 fully saturated rings. The number of hydrogen-bond acceptors (Lipinski definition) is 1. The van der Waals surface area contributed by atoms with Crippen molar-refractivity contribution in [3.05, 3.63) is 305 Å². The van der Waals surface area contributed by atoms with Crippen LogP contribution in [-0.4, -0.2) is 0 Å². The summed E-state index contributed by atoms with van der Waals surface area (Å²) >= 11 is 0. The lowest BCUT2D eigenvalue weighted by Gasteiger charge is -2.36. The first-order valence-electron chi connectivity index (χ1n) is 22.7. The Kier molecular flexibility index (Phi) is 8.41. The molecule has 13 rings (SSSR count). The van der Waals surface area contributed by atoms with E-state index in [1.54, 1.807) is 0 Å². The van der Waals surface area contributed by atoms with Gasteiger partial charge < -0.3 is 4.90 Å². The normalized spacial score (nSPS) is 13.8. The van der Waals surface area contributed by atoms with Gasteiger partial charge in [0, 0.05) is 17.1 Å². The molecular weight excluding hydrogens is 783 g/mol. The highest BCUT2D eigenvalue weighted by Gasteiger charge is 2.48. The van der Waals surface area contributed by atoms with Crippen LogP contribution in [0.5, 0.6) is 0 Å². The lowest BCUT2D eigenvalue weighted by molar-refractivity contribution is 0.767. The van der Waals surface area contributed by atoms with Crippen LogP contribution in [0.3, 0.4) is 0 Å². The van der Waals surface area contributed by atoms with Crippen LogP contribution in [0.1, 0.15) is 44.5 Å². The zero-order chi connectivity index (χ0) is 43.0. The molecule has 0 spiro atoms. The SMILES string of the molecule is c1ccc(C2(c3ccccc3)c3ccccc3-c3ccc(N(c4ccc5c(c4)C(c4ccccc4)(c4ccccc4)c4ccccc4-5)c4ccc5c(ccc6ccccc65)c4)cc32)cc1. The summed E-state index contributed by atoms with van der Waals surface area (Å²) in [4.78, 5) is 2.50. The third-order valence-electron chi connectivity index (χ3n) is 14.4. The molecule has 0 saturated heterocycles. The van der Waals surface area contributed by atoms with Crippen LogP contribution < -0.4 is 4.90 Å². The quantitative estimate of drug-likeness (QED) is 0.145. The number of hydrogen-bond donors (Lipinski definition) is 0. The molecule has 1 heteroatoms. The van der Waals surface area contributed by atoms with Crippen molar-refractivity contribution >= 4 is 38.6 Å². The second-order valence-electron chi connectivity index (χ2n) is 17.5. The maximum absolute atomic E-state index is 2.50. The smallest absolute Gasteiger partial charge is 0.0714 e. The molecule has 65 heavy (non-hydrogen) atoms. The van der Waals surface area contributed by atoms with Gasteiger partial charge in [0.05, 0.1) is 10.8 Å². The Morgan fingerprint density at radius 3 is 1.08 bits per heavy atom. The summed E-state index contributed by atoms with van der Waals surface area (Å²) in [7, 11) is 0. The molecule has 0 radical (unpaired) electrons. The maximum atomic E-state index is 2.50. The number of nitrogens with zero attached hydrogens (tertiary/aromatic N) is 1. The van der Waals surface area contributed by atoms with Crippen molar-refractivity contribution in [3.8, 4) is 22.3 Å². The van der Waals surface area contributed by atoms with E-state index in [1.165, 1.54) is 88.3 Å². The van der Waals surface area contributed by atoms with Crippen molar-refractivity contribution in [3.63, 3.8) is 0 Å². The van der Waals surface area contributed by atoms with Gasteiger partial charge >= 0.3 is 0 Å². The standard InChI is InChI=1S/C64H43N/c1-5-20-46(21-6-1)63(47-22-7-2-8-23-47)59-31-17-15-29-55(59)57-39-36-51(42-61(57)63)65(50-35-38-54-45(41-50)34-33-44-19-13-14-28-53(44)54)52-37-40-58-56-30-16-18-32-60(56)64(62(58)43-52,48-24-9-3-10-25-48)49-26-11-4-12-27-49/h1-43H. The molecule has 0 N–H and O–H groups in total. The molecule has 0 amide bonds. The first kappa shape index (κ1) is 37.3. The number of fused-ring (bicyclic) bond motifs is 9. The largest absolute Gasteiger partial charge is 0.310 e. The van der Waals surface area contributed by atoms with Gasteiger partial charge in [0.25, 0.3) is 0 Å². The first-order chi connectivity index (χ1) is 32.2. The van der Waals surface area contributed by atoms with Gasteiger partial charge in [0.15, 0.2) is 0 Å². The second-order valence-corrected chi connectivity index (χ2v) is 17.5. The van der Waals surface area contributed by atoms with Crippen LogP contribution in [-0.2, 0) is 10.8 Å². The van der Waals surface area contributed by atoms with Crippen molar-refractivity contribution in [1.29, 1.82) is 0 Å². The number of benzene rings is 11. The Balaban J connectivity index is 1.10. The molecule has 0 heterocycles. The van der Waals surface area contributed by atoms with Crippen LogP contribution in [0.15, 0.2) is 261 Å². The molecule has 0 aliphatic heterocycles. The molecular formula is C64H43N. The second kappa shape index (κ2) is 14.7. The molecule has 1 nitrogen and oxygen atoms in total. The molecule has 304 valence electrons. The molecule has 2 aliphatic rings. The van der Waals surface area contributed by atoms with Crippen molar-refractivity contribution in [2.24, 2.45) is 0 Å². The van der Waals surface area contributed by atoms with Crippen molar-refractivity contribution < 1.29 is 0 Å². The molecule has 0 saturated carbocycles. The maximum Gasteiger partial charge on any atom is 0.0714 e. The fraction of sp³-hybridized carbons (Fsp3) is 0.0312. The van der Waals surface area contributed by atoms with E-state index in [0.717, 1.165) is 17.1 Å². The lowest BCUT2D eigenvalue weighted by atomic mass is 9.67. The van der Waals surface area contributed by atoms with Crippen LogP contribution in [0, 0.1) is 0 Å². The zero-order valence-corrected chi connectivity index (χ0v) is 35.8. The summed E-state index contributed by atoms with van der Waals surface area (Å²) in [5, 5.41) is 4.97. The lowest BCUT2D eigenvalue weighted by Crippen LogP contribution is -2.29. The van der Waals surface area contributed by atoms with Gasteiger partial charge in [-0.2, -0.15) is 0 Å². The summed E-state index contributed by atoms with van der Waals surface area (Å²) in [6, 6.07) is 97.2. The summed E-state index contributed by atoms with van der Waals surface area (Å²) in [5.74, 6) is 0. The molecule has 0 aromatic heterocycles. The first-order valence-corrected chi connectivity index (χ1v) is 22.7. The Labute approximate surface area is 380 Å². The Hall–Kier alpha value is -8.26. The molecule has 11 aromatic carbocycles. The van der Waals surface area contributed by atoms with E-state index in [1.807, 2.05) is 0 Å². The van der Waals surface area contributed by atoms with E-state index in [0.29, 0.717) is 0 Å². The number of rotatable bonds is 7. The van der Waals surface area contributed by atoms with Crippen LogP contribution >= 0.6 is 0 Å². The Morgan fingerprint density at radius 2 is 0.585 bits per heavy atom. The van der Waals surface area contributed by atoms with Gasteiger partial charge in [-0.1, -0.05) is 224 Å². The van der Waals surface area contributed by atoms with Crippen molar-refractivity contribution in [1.82, 2.24) is 0 Å². The molecule has 2 aliphatic carbocycles. The zero-order valence-electron chi connectivity index (χ0n) is 35.8. The van der Waals surface area contributed by atoms with E-state index in [9.17, 15) is 0 Å². The van der Waals surface area contributed by atoms with Crippen LogP contribution in [0.4, 0.5) is 17.1 Å². The Bertz CT molecular complexity index is 3330.